The molecule has 3 atom stereocenters. The van der Waals surface area contributed by atoms with Gasteiger partial charge < -0.3 is 10.6 Å². The molecule has 2 aromatic carbocycles. The average molecular weight is 373 g/mol. The van der Waals surface area contributed by atoms with Gasteiger partial charge in [-0.05, 0) is 47.7 Å². The first-order valence-corrected chi connectivity index (χ1v) is 9.09. The second kappa shape index (κ2) is 6.40. The highest BCUT2D eigenvalue weighted by Gasteiger charge is 2.38. The minimum absolute atomic E-state index is 0.0641. The lowest BCUT2D eigenvalue weighted by atomic mass is 9.77. The van der Waals surface area contributed by atoms with Crippen molar-refractivity contribution in [3.05, 3.63) is 69.7 Å². The third-order valence-electron chi connectivity index (χ3n) is 5.00. The van der Waals surface area contributed by atoms with Crippen LogP contribution in [0.3, 0.4) is 0 Å². The molecular formula is C20H18Cl2N2O. The van der Waals surface area contributed by atoms with Crippen molar-refractivity contribution in [2.75, 3.05) is 10.6 Å². The van der Waals surface area contributed by atoms with Crippen molar-refractivity contribution < 1.29 is 4.79 Å². The van der Waals surface area contributed by atoms with E-state index in [9.17, 15) is 4.79 Å². The van der Waals surface area contributed by atoms with E-state index in [1.165, 1.54) is 12.5 Å². The van der Waals surface area contributed by atoms with Gasteiger partial charge >= 0.3 is 0 Å². The highest BCUT2D eigenvalue weighted by molar-refractivity contribution is 6.42. The van der Waals surface area contributed by atoms with Gasteiger partial charge in [-0.25, -0.2) is 0 Å². The third kappa shape index (κ3) is 2.92. The zero-order valence-corrected chi connectivity index (χ0v) is 15.2. The van der Waals surface area contributed by atoms with Crippen molar-refractivity contribution >= 4 is 40.5 Å². The summed E-state index contributed by atoms with van der Waals surface area (Å²) in [4.78, 5) is 11.3. The van der Waals surface area contributed by atoms with E-state index >= 15 is 0 Å². The molecule has 0 unspecified atom stereocenters. The minimum Gasteiger partial charge on any atom is -0.378 e. The lowest BCUT2D eigenvalue weighted by molar-refractivity contribution is -0.114. The first-order valence-electron chi connectivity index (χ1n) is 8.33. The maximum Gasteiger partial charge on any atom is 0.221 e. The normalized spacial score (nSPS) is 23.6. The standard InChI is InChI=1S/C20H18Cl2N2O/c1-11(25)23-12-8-9-18-16(10-12)13-4-2-5-14(13)20(24-18)15-6-3-7-17(21)19(15)22/h2-4,6-10,13-14,20,24H,5H2,1H3,(H,23,25)/t13-,14-,20+/m1/s1. The van der Waals surface area contributed by atoms with Crippen molar-refractivity contribution in [1.29, 1.82) is 0 Å². The van der Waals surface area contributed by atoms with Crippen LogP contribution in [0.2, 0.25) is 10.0 Å². The maximum absolute atomic E-state index is 11.3. The summed E-state index contributed by atoms with van der Waals surface area (Å²) in [6.45, 7) is 1.52. The predicted molar refractivity (Wildman–Crippen MR) is 104 cm³/mol. The summed E-state index contributed by atoms with van der Waals surface area (Å²) in [7, 11) is 0. The number of halogens is 2. The fraction of sp³-hybridized carbons (Fsp3) is 0.250. The molecule has 1 aliphatic heterocycles. The average Bonchev–Trinajstić information content (AvgIpc) is 3.06. The molecule has 0 radical (unpaired) electrons. The van der Waals surface area contributed by atoms with Gasteiger partial charge in [0.2, 0.25) is 5.91 Å². The number of hydrogen-bond acceptors (Lipinski definition) is 2. The zero-order chi connectivity index (χ0) is 17.6. The second-order valence-corrected chi connectivity index (χ2v) is 7.39. The van der Waals surface area contributed by atoms with Gasteiger partial charge in [0.1, 0.15) is 0 Å². The molecule has 0 aromatic heterocycles. The van der Waals surface area contributed by atoms with Crippen molar-refractivity contribution in [3.63, 3.8) is 0 Å². The number of allylic oxidation sites excluding steroid dienone is 2. The number of nitrogens with one attached hydrogen (secondary N) is 2. The number of fused-ring (bicyclic) bond motifs is 3. The van der Waals surface area contributed by atoms with Crippen LogP contribution in [-0.2, 0) is 4.79 Å². The first-order chi connectivity index (χ1) is 12.0. The van der Waals surface area contributed by atoms with Crippen LogP contribution in [0.4, 0.5) is 11.4 Å². The number of carbonyl (C=O) groups excluding carboxylic acids is 1. The molecule has 3 nitrogen and oxygen atoms in total. The highest BCUT2D eigenvalue weighted by Crippen LogP contribution is 2.51. The van der Waals surface area contributed by atoms with Crippen LogP contribution < -0.4 is 10.6 Å². The summed E-state index contributed by atoms with van der Waals surface area (Å²) in [5.41, 5.74) is 4.14. The molecule has 0 bridgehead atoms. The maximum atomic E-state index is 11.3. The molecule has 25 heavy (non-hydrogen) atoms. The molecule has 2 aromatic rings. The molecular weight excluding hydrogens is 355 g/mol. The molecule has 0 fully saturated rings. The van der Waals surface area contributed by atoms with Crippen molar-refractivity contribution in [3.8, 4) is 0 Å². The highest BCUT2D eigenvalue weighted by atomic mass is 35.5. The van der Waals surface area contributed by atoms with Crippen LogP contribution in [0.15, 0.2) is 48.6 Å². The summed E-state index contributed by atoms with van der Waals surface area (Å²) in [6.07, 6.45) is 5.46. The van der Waals surface area contributed by atoms with Gasteiger partial charge in [-0.3, -0.25) is 4.79 Å². The summed E-state index contributed by atoms with van der Waals surface area (Å²) in [5.74, 6) is 0.604. The predicted octanol–water partition coefficient (Wildman–Crippen LogP) is 5.78. The molecule has 5 heteroatoms. The first kappa shape index (κ1) is 16.5. The molecule has 1 amide bonds. The number of benzene rings is 2. The molecule has 0 saturated heterocycles. The number of rotatable bonds is 2. The van der Waals surface area contributed by atoms with Crippen molar-refractivity contribution in [1.82, 2.24) is 0 Å². The van der Waals surface area contributed by atoms with E-state index < -0.39 is 0 Å². The van der Waals surface area contributed by atoms with Gasteiger partial charge in [0.05, 0.1) is 16.1 Å². The van der Waals surface area contributed by atoms with Crippen molar-refractivity contribution in [2.45, 2.75) is 25.3 Å². The Morgan fingerprint density at radius 1 is 1.20 bits per heavy atom. The Bertz CT molecular complexity index is 878. The molecule has 2 aliphatic rings. The van der Waals surface area contributed by atoms with E-state index in [4.69, 9.17) is 23.2 Å². The van der Waals surface area contributed by atoms with Gasteiger partial charge in [0.25, 0.3) is 0 Å². The Balaban J connectivity index is 1.76. The van der Waals surface area contributed by atoms with Crippen LogP contribution in [0.1, 0.15) is 36.4 Å². The number of carbonyl (C=O) groups is 1. The molecule has 1 aliphatic carbocycles. The Labute approximate surface area is 157 Å². The number of amides is 1. The number of hydrogen-bond donors (Lipinski definition) is 2. The fourth-order valence-corrected chi connectivity index (χ4v) is 4.37. The van der Waals surface area contributed by atoms with E-state index in [0.29, 0.717) is 21.9 Å². The second-order valence-electron chi connectivity index (χ2n) is 6.60. The Morgan fingerprint density at radius 2 is 2.04 bits per heavy atom. The monoisotopic (exact) mass is 372 g/mol. The van der Waals surface area contributed by atoms with Gasteiger partial charge in [0.15, 0.2) is 0 Å². The minimum atomic E-state index is -0.0641. The quantitative estimate of drug-likeness (QED) is 0.656. The number of anilines is 2. The van der Waals surface area contributed by atoms with Crippen LogP contribution >= 0.6 is 23.2 Å². The summed E-state index contributed by atoms with van der Waals surface area (Å²) in [5, 5.41) is 7.70. The van der Waals surface area contributed by atoms with Crippen LogP contribution in [0, 0.1) is 5.92 Å². The fourth-order valence-electron chi connectivity index (χ4n) is 3.94. The van der Waals surface area contributed by atoms with Crippen molar-refractivity contribution in [2.24, 2.45) is 5.92 Å². The van der Waals surface area contributed by atoms with Crippen LogP contribution in [-0.4, -0.2) is 5.91 Å². The topological polar surface area (TPSA) is 41.1 Å². The van der Waals surface area contributed by atoms with Crippen LogP contribution in [0.25, 0.3) is 0 Å². The lowest BCUT2D eigenvalue weighted by Crippen LogP contribution is -2.29. The van der Waals surface area contributed by atoms with E-state index in [1.807, 2.05) is 30.3 Å². The summed E-state index contributed by atoms with van der Waals surface area (Å²) < 4.78 is 0. The third-order valence-corrected chi connectivity index (χ3v) is 5.83. The molecule has 128 valence electrons. The van der Waals surface area contributed by atoms with Gasteiger partial charge in [-0.1, -0.05) is 47.5 Å². The molecule has 4 rings (SSSR count). The van der Waals surface area contributed by atoms with Crippen LogP contribution in [0.5, 0.6) is 0 Å². The van der Waals surface area contributed by atoms with E-state index in [0.717, 1.165) is 23.4 Å². The molecule has 2 N–H and O–H groups in total. The Hall–Kier alpha value is -1.97. The molecule has 1 heterocycles. The zero-order valence-electron chi connectivity index (χ0n) is 13.7. The van der Waals surface area contributed by atoms with Gasteiger partial charge in [0, 0.05) is 24.2 Å². The van der Waals surface area contributed by atoms with E-state index in [-0.39, 0.29) is 11.9 Å². The summed E-state index contributed by atoms with van der Waals surface area (Å²) in [6, 6.07) is 11.9. The van der Waals surface area contributed by atoms with Gasteiger partial charge in [-0.2, -0.15) is 0 Å². The summed E-state index contributed by atoms with van der Waals surface area (Å²) >= 11 is 12.7. The van der Waals surface area contributed by atoms with Gasteiger partial charge in [-0.15, -0.1) is 0 Å². The lowest BCUT2D eigenvalue weighted by Gasteiger charge is -2.38. The Morgan fingerprint density at radius 3 is 2.84 bits per heavy atom. The largest absolute Gasteiger partial charge is 0.378 e. The molecule has 0 saturated carbocycles. The smallest absolute Gasteiger partial charge is 0.221 e. The SMILES string of the molecule is CC(=O)Nc1ccc2c(c1)[C@@H]1C=CC[C@H]1[C@@H](c1cccc(Cl)c1Cl)N2. The van der Waals surface area contributed by atoms with E-state index in [2.05, 4.69) is 28.9 Å². The molecule has 0 spiro atoms. The van der Waals surface area contributed by atoms with E-state index in [1.54, 1.807) is 0 Å². The Kier molecular flexibility index (Phi) is 4.22.